The predicted octanol–water partition coefficient (Wildman–Crippen LogP) is 2.17. The number of halogens is 2. The summed E-state index contributed by atoms with van der Waals surface area (Å²) in [7, 11) is 0. The predicted molar refractivity (Wildman–Crippen MR) is 80.0 cm³/mol. The first-order valence-electron chi connectivity index (χ1n) is 6.78. The molecule has 0 fully saturated rings. The highest BCUT2D eigenvalue weighted by molar-refractivity contribution is 5.78. The van der Waals surface area contributed by atoms with Crippen molar-refractivity contribution in [1.29, 1.82) is 0 Å². The highest BCUT2D eigenvalue weighted by Crippen LogP contribution is 2.16. The summed E-state index contributed by atoms with van der Waals surface area (Å²) in [5.74, 6) is -0.771. The number of aromatic nitrogens is 2. The van der Waals surface area contributed by atoms with Crippen molar-refractivity contribution in [2.24, 2.45) is 5.73 Å². The van der Waals surface area contributed by atoms with Gasteiger partial charge in [-0.05, 0) is 36.9 Å². The molecule has 1 aromatic heterocycles. The fourth-order valence-corrected chi connectivity index (χ4v) is 2.41. The fraction of sp³-hybridized carbons (Fsp3) is 0.125. The van der Waals surface area contributed by atoms with Gasteiger partial charge in [-0.3, -0.25) is 9.36 Å². The van der Waals surface area contributed by atoms with Crippen LogP contribution in [0.5, 0.6) is 0 Å². The van der Waals surface area contributed by atoms with E-state index in [2.05, 4.69) is 4.98 Å². The molecule has 0 saturated heterocycles. The van der Waals surface area contributed by atoms with Gasteiger partial charge in [0.15, 0.2) is 0 Å². The van der Waals surface area contributed by atoms with Crippen molar-refractivity contribution in [3.63, 3.8) is 0 Å². The van der Waals surface area contributed by atoms with Crippen molar-refractivity contribution in [3.8, 4) is 5.69 Å². The summed E-state index contributed by atoms with van der Waals surface area (Å²) in [6, 6.07) is 9.78. The number of nitrogens with two attached hydrogens (primary N) is 1. The highest BCUT2D eigenvalue weighted by atomic mass is 19.1. The van der Waals surface area contributed by atoms with Gasteiger partial charge in [-0.2, -0.15) is 0 Å². The van der Waals surface area contributed by atoms with Crippen LogP contribution in [0.15, 0.2) is 47.3 Å². The molecule has 2 aromatic carbocycles. The van der Waals surface area contributed by atoms with E-state index in [1.54, 1.807) is 12.1 Å². The molecule has 3 rings (SSSR count). The number of benzene rings is 2. The van der Waals surface area contributed by atoms with Gasteiger partial charge in [0, 0.05) is 6.42 Å². The van der Waals surface area contributed by atoms with Crippen molar-refractivity contribution in [3.05, 3.63) is 70.3 Å². The molecule has 0 spiro atoms. The fourth-order valence-electron chi connectivity index (χ4n) is 2.41. The molecule has 0 aliphatic carbocycles. The Hall–Kier alpha value is -2.60. The number of nitrogens with zero attached hydrogens (tertiary/aromatic N) is 2. The van der Waals surface area contributed by atoms with Crippen LogP contribution in [0.25, 0.3) is 16.6 Å². The van der Waals surface area contributed by atoms with Crippen LogP contribution >= 0.6 is 0 Å². The molecule has 0 radical (unpaired) electrons. The van der Waals surface area contributed by atoms with Crippen LogP contribution in [0.1, 0.15) is 5.82 Å². The average molecular weight is 301 g/mol. The lowest BCUT2D eigenvalue weighted by Crippen LogP contribution is -2.26. The van der Waals surface area contributed by atoms with E-state index in [0.29, 0.717) is 17.9 Å². The van der Waals surface area contributed by atoms with E-state index in [0.717, 1.165) is 0 Å². The van der Waals surface area contributed by atoms with Crippen molar-refractivity contribution >= 4 is 10.9 Å². The third kappa shape index (κ3) is 2.37. The smallest absolute Gasteiger partial charge is 0.268 e. The average Bonchev–Trinajstić information content (AvgIpc) is 2.47. The summed E-state index contributed by atoms with van der Waals surface area (Å²) >= 11 is 0. The Morgan fingerprint density at radius 3 is 2.64 bits per heavy atom. The van der Waals surface area contributed by atoms with E-state index in [-0.39, 0.29) is 17.4 Å². The monoisotopic (exact) mass is 301 g/mol. The summed E-state index contributed by atoms with van der Waals surface area (Å²) in [6.07, 6.45) is 0.318. The minimum Gasteiger partial charge on any atom is -0.330 e. The molecule has 112 valence electrons. The Morgan fingerprint density at radius 1 is 1.14 bits per heavy atom. The molecule has 22 heavy (non-hydrogen) atoms. The van der Waals surface area contributed by atoms with Gasteiger partial charge in [0.2, 0.25) is 0 Å². The molecular formula is C16H13F2N3O. The second kappa shape index (κ2) is 5.65. The van der Waals surface area contributed by atoms with Gasteiger partial charge < -0.3 is 5.73 Å². The Morgan fingerprint density at radius 2 is 1.91 bits per heavy atom. The number of hydrogen-bond donors (Lipinski definition) is 1. The SMILES string of the molecule is NCCc1nc2cccc(F)c2c(=O)n1-c1cccc(F)c1. The summed E-state index contributed by atoms with van der Waals surface area (Å²) in [5, 5.41) is -0.118. The summed E-state index contributed by atoms with van der Waals surface area (Å²) in [6.45, 7) is 0.266. The van der Waals surface area contributed by atoms with E-state index in [1.165, 1.54) is 34.9 Å². The molecule has 0 amide bonds. The van der Waals surface area contributed by atoms with Gasteiger partial charge >= 0.3 is 0 Å². The molecule has 6 heteroatoms. The molecule has 2 N–H and O–H groups in total. The third-order valence-corrected chi connectivity index (χ3v) is 3.35. The zero-order chi connectivity index (χ0) is 15.7. The van der Waals surface area contributed by atoms with Crippen LogP contribution in [0.3, 0.4) is 0 Å². The molecule has 1 heterocycles. The van der Waals surface area contributed by atoms with Crippen LogP contribution < -0.4 is 11.3 Å². The first kappa shape index (κ1) is 14.3. The van der Waals surface area contributed by atoms with Crippen molar-refractivity contribution in [1.82, 2.24) is 9.55 Å². The minimum absolute atomic E-state index is 0.118. The lowest BCUT2D eigenvalue weighted by molar-refractivity contribution is 0.625. The largest absolute Gasteiger partial charge is 0.330 e. The first-order chi connectivity index (χ1) is 10.6. The molecule has 0 aliphatic heterocycles. The van der Waals surface area contributed by atoms with Crippen LogP contribution in [-0.2, 0) is 6.42 Å². The van der Waals surface area contributed by atoms with Gasteiger partial charge in [-0.1, -0.05) is 12.1 Å². The zero-order valence-electron chi connectivity index (χ0n) is 11.6. The van der Waals surface area contributed by atoms with Gasteiger partial charge in [0.1, 0.15) is 22.8 Å². The first-order valence-corrected chi connectivity index (χ1v) is 6.78. The molecule has 0 saturated carbocycles. The Bertz CT molecular complexity index is 906. The topological polar surface area (TPSA) is 60.9 Å². The second-order valence-corrected chi connectivity index (χ2v) is 4.82. The van der Waals surface area contributed by atoms with Crippen LogP contribution in [0.4, 0.5) is 8.78 Å². The number of hydrogen-bond acceptors (Lipinski definition) is 3. The van der Waals surface area contributed by atoms with E-state index in [1.807, 2.05) is 0 Å². The summed E-state index contributed by atoms with van der Waals surface area (Å²) in [5.41, 5.74) is 5.55. The van der Waals surface area contributed by atoms with Crippen molar-refractivity contribution in [2.75, 3.05) is 6.54 Å². The third-order valence-electron chi connectivity index (χ3n) is 3.35. The van der Waals surface area contributed by atoms with E-state index in [4.69, 9.17) is 5.73 Å². The maximum Gasteiger partial charge on any atom is 0.268 e. The minimum atomic E-state index is -0.653. The summed E-state index contributed by atoms with van der Waals surface area (Å²) < 4.78 is 28.7. The maximum atomic E-state index is 14.0. The standard InChI is InChI=1S/C16H13F2N3O/c17-10-3-1-4-11(9-10)21-14(7-8-19)20-13-6-2-5-12(18)15(13)16(21)22/h1-6,9H,7-8,19H2. The van der Waals surface area contributed by atoms with Crippen molar-refractivity contribution in [2.45, 2.75) is 6.42 Å². The lowest BCUT2D eigenvalue weighted by atomic mass is 10.2. The van der Waals surface area contributed by atoms with Crippen LogP contribution in [-0.4, -0.2) is 16.1 Å². The molecule has 0 unspecified atom stereocenters. The molecular weight excluding hydrogens is 288 g/mol. The van der Waals surface area contributed by atoms with E-state index >= 15 is 0 Å². The van der Waals surface area contributed by atoms with Gasteiger partial charge in [-0.15, -0.1) is 0 Å². The maximum absolute atomic E-state index is 14.0. The van der Waals surface area contributed by atoms with Gasteiger partial charge in [-0.25, -0.2) is 13.8 Å². The van der Waals surface area contributed by atoms with Gasteiger partial charge in [0.25, 0.3) is 5.56 Å². The van der Waals surface area contributed by atoms with Crippen LogP contribution in [0, 0.1) is 11.6 Å². The zero-order valence-corrected chi connectivity index (χ0v) is 11.6. The van der Waals surface area contributed by atoms with Crippen LogP contribution in [0.2, 0.25) is 0 Å². The normalized spacial score (nSPS) is 11.0. The highest BCUT2D eigenvalue weighted by Gasteiger charge is 2.15. The van der Waals surface area contributed by atoms with Gasteiger partial charge in [0.05, 0.1) is 11.2 Å². The van der Waals surface area contributed by atoms with E-state index < -0.39 is 17.2 Å². The number of rotatable bonds is 3. The van der Waals surface area contributed by atoms with E-state index in [9.17, 15) is 13.6 Å². The molecule has 3 aromatic rings. The lowest BCUT2D eigenvalue weighted by Gasteiger charge is -2.13. The molecule has 0 bridgehead atoms. The second-order valence-electron chi connectivity index (χ2n) is 4.82. The quantitative estimate of drug-likeness (QED) is 0.806. The molecule has 0 atom stereocenters. The summed E-state index contributed by atoms with van der Waals surface area (Å²) in [4.78, 5) is 17.0. The Balaban J connectivity index is 2.41. The van der Waals surface area contributed by atoms with Crippen molar-refractivity contribution < 1.29 is 8.78 Å². The number of fused-ring (bicyclic) bond motifs is 1. The molecule has 4 nitrogen and oxygen atoms in total. The molecule has 0 aliphatic rings. The Kier molecular flexibility index (Phi) is 3.68. The Labute approximate surface area is 124 Å².